The van der Waals surface area contributed by atoms with Crippen molar-refractivity contribution in [2.45, 2.75) is 51.6 Å². The molecule has 94 valence electrons. The lowest BCUT2D eigenvalue weighted by Gasteiger charge is -2.17. The first-order valence-corrected chi connectivity index (χ1v) is 7.31. The van der Waals surface area contributed by atoms with Crippen LogP contribution < -0.4 is 5.32 Å². The molecule has 16 heavy (non-hydrogen) atoms. The minimum Gasteiger partial charge on any atom is -0.480 e. The average Bonchev–Trinajstić information content (AvgIpc) is 2.68. The molecule has 0 aromatic heterocycles. The van der Waals surface area contributed by atoms with Gasteiger partial charge in [-0.15, -0.1) is 0 Å². The molecule has 1 saturated carbocycles. The van der Waals surface area contributed by atoms with Gasteiger partial charge in [-0.3, -0.25) is 4.79 Å². The fourth-order valence-electron chi connectivity index (χ4n) is 2.12. The zero-order valence-corrected chi connectivity index (χ0v) is 11.1. The molecule has 0 saturated heterocycles. The van der Waals surface area contributed by atoms with Gasteiger partial charge in [-0.1, -0.05) is 26.7 Å². The molecule has 1 aliphatic carbocycles. The quantitative estimate of drug-likeness (QED) is 0.723. The van der Waals surface area contributed by atoms with Crippen LogP contribution in [0.25, 0.3) is 0 Å². The summed E-state index contributed by atoms with van der Waals surface area (Å²) in [5.74, 6) is 1.92. The maximum Gasteiger partial charge on any atom is 0.321 e. The van der Waals surface area contributed by atoms with Crippen LogP contribution in [0.2, 0.25) is 0 Å². The second-order valence-corrected chi connectivity index (χ2v) is 5.98. The predicted molar refractivity (Wildman–Crippen MR) is 69.0 cm³/mol. The van der Waals surface area contributed by atoms with Gasteiger partial charge in [0.1, 0.15) is 6.04 Å². The maximum absolute atomic E-state index is 11.0. The van der Waals surface area contributed by atoms with Gasteiger partial charge in [0.25, 0.3) is 0 Å². The fraction of sp³-hybridized carbons (Fsp3) is 0.917. The first-order chi connectivity index (χ1) is 7.59. The van der Waals surface area contributed by atoms with Crippen LogP contribution in [0.3, 0.4) is 0 Å². The molecule has 1 atom stereocenters. The van der Waals surface area contributed by atoms with Gasteiger partial charge in [-0.25, -0.2) is 0 Å². The fourth-order valence-corrected chi connectivity index (χ4v) is 3.40. The van der Waals surface area contributed by atoms with Gasteiger partial charge < -0.3 is 10.4 Å². The third-order valence-corrected chi connectivity index (χ3v) is 4.22. The van der Waals surface area contributed by atoms with Crippen LogP contribution >= 0.6 is 11.8 Å². The lowest BCUT2D eigenvalue weighted by Crippen LogP contribution is -2.42. The summed E-state index contributed by atoms with van der Waals surface area (Å²) in [6.45, 7) is 3.97. The van der Waals surface area contributed by atoms with Crippen molar-refractivity contribution < 1.29 is 9.90 Å². The van der Waals surface area contributed by atoms with Gasteiger partial charge in [0.15, 0.2) is 0 Å². The molecule has 4 heteroatoms. The summed E-state index contributed by atoms with van der Waals surface area (Å²) in [6.07, 6.45) is 5.39. The van der Waals surface area contributed by atoms with Gasteiger partial charge in [0.2, 0.25) is 0 Å². The Morgan fingerprint density at radius 1 is 1.44 bits per heavy atom. The third kappa shape index (κ3) is 5.21. The number of nitrogens with one attached hydrogen (secondary N) is 1. The third-order valence-electron chi connectivity index (χ3n) is 2.95. The van der Waals surface area contributed by atoms with Crippen LogP contribution in [0.15, 0.2) is 0 Å². The molecule has 1 aliphatic rings. The van der Waals surface area contributed by atoms with Gasteiger partial charge in [-0.05, 0) is 24.5 Å². The van der Waals surface area contributed by atoms with Crippen molar-refractivity contribution in [3.8, 4) is 0 Å². The number of aliphatic carboxylic acids is 1. The highest BCUT2D eigenvalue weighted by atomic mass is 32.2. The summed E-state index contributed by atoms with van der Waals surface area (Å²) in [4.78, 5) is 11.0. The zero-order valence-electron chi connectivity index (χ0n) is 10.2. The number of carboxylic acid groups (broad SMARTS) is 1. The van der Waals surface area contributed by atoms with E-state index in [0.29, 0.717) is 5.75 Å². The molecular weight excluding hydrogens is 222 g/mol. The van der Waals surface area contributed by atoms with E-state index in [2.05, 4.69) is 5.32 Å². The van der Waals surface area contributed by atoms with Gasteiger partial charge in [0, 0.05) is 11.8 Å². The molecule has 0 radical (unpaired) electrons. The minimum absolute atomic E-state index is 0.230. The highest BCUT2D eigenvalue weighted by Crippen LogP contribution is 2.27. The zero-order chi connectivity index (χ0) is 12.0. The van der Waals surface area contributed by atoms with Crippen LogP contribution in [-0.2, 0) is 4.79 Å². The van der Waals surface area contributed by atoms with Gasteiger partial charge in [0.05, 0.1) is 0 Å². The summed E-state index contributed by atoms with van der Waals surface area (Å²) in [6, 6.07) is -0.167. The van der Waals surface area contributed by atoms with E-state index in [9.17, 15) is 4.79 Å². The molecule has 3 nitrogen and oxygen atoms in total. The molecule has 1 rings (SSSR count). The Morgan fingerprint density at radius 3 is 2.56 bits per heavy atom. The Labute approximate surface area is 102 Å². The molecule has 0 aromatic rings. The number of hydrogen-bond acceptors (Lipinski definition) is 3. The SMILES string of the molecule is CC(C)NC(CSCC1CCCC1)C(=O)O. The Hall–Kier alpha value is -0.220. The maximum atomic E-state index is 11.0. The predicted octanol–water partition coefficient (Wildman–Crippen LogP) is 2.36. The van der Waals surface area contributed by atoms with Crippen molar-refractivity contribution in [3.63, 3.8) is 0 Å². The van der Waals surface area contributed by atoms with E-state index in [1.54, 1.807) is 11.8 Å². The van der Waals surface area contributed by atoms with Crippen LogP contribution in [0.5, 0.6) is 0 Å². The molecule has 0 heterocycles. The van der Waals surface area contributed by atoms with Gasteiger partial charge in [-0.2, -0.15) is 11.8 Å². The van der Waals surface area contributed by atoms with Crippen molar-refractivity contribution >= 4 is 17.7 Å². The highest BCUT2D eigenvalue weighted by molar-refractivity contribution is 7.99. The molecule has 0 amide bonds. The molecular formula is C12H23NO2S. The van der Waals surface area contributed by atoms with Crippen molar-refractivity contribution in [1.29, 1.82) is 0 Å². The standard InChI is InChI=1S/C12H23NO2S/c1-9(2)13-11(12(14)15)8-16-7-10-5-3-4-6-10/h9-11,13H,3-8H2,1-2H3,(H,14,15). The molecule has 0 aliphatic heterocycles. The van der Waals surface area contributed by atoms with Crippen molar-refractivity contribution in [2.24, 2.45) is 5.92 Å². The normalized spacial score (nSPS) is 19.2. The number of rotatable bonds is 7. The molecule has 1 fully saturated rings. The highest BCUT2D eigenvalue weighted by Gasteiger charge is 2.20. The Kier molecular flexibility index (Phi) is 6.21. The molecule has 1 unspecified atom stereocenters. The summed E-state index contributed by atoms with van der Waals surface area (Å²) >= 11 is 1.79. The second-order valence-electron chi connectivity index (χ2n) is 4.90. The Balaban J connectivity index is 2.18. The smallest absolute Gasteiger partial charge is 0.321 e. The van der Waals surface area contributed by atoms with E-state index in [-0.39, 0.29) is 6.04 Å². The molecule has 0 bridgehead atoms. The molecule has 0 spiro atoms. The molecule has 2 N–H and O–H groups in total. The van der Waals surface area contributed by atoms with Crippen LogP contribution in [-0.4, -0.2) is 34.7 Å². The lowest BCUT2D eigenvalue weighted by atomic mass is 10.1. The van der Waals surface area contributed by atoms with Crippen molar-refractivity contribution in [3.05, 3.63) is 0 Å². The van der Waals surface area contributed by atoms with Crippen molar-refractivity contribution in [2.75, 3.05) is 11.5 Å². The summed E-state index contributed by atoms with van der Waals surface area (Å²) < 4.78 is 0. The van der Waals surface area contributed by atoms with E-state index in [0.717, 1.165) is 11.7 Å². The summed E-state index contributed by atoms with van der Waals surface area (Å²) in [7, 11) is 0. The topological polar surface area (TPSA) is 49.3 Å². The largest absolute Gasteiger partial charge is 0.480 e. The summed E-state index contributed by atoms with van der Waals surface area (Å²) in [5, 5.41) is 12.1. The van der Waals surface area contributed by atoms with E-state index in [1.165, 1.54) is 25.7 Å². The first-order valence-electron chi connectivity index (χ1n) is 6.16. The average molecular weight is 245 g/mol. The number of carboxylic acids is 1. The van der Waals surface area contributed by atoms with E-state index < -0.39 is 12.0 Å². The first kappa shape index (κ1) is 13.8. The number of carbonyl (C=O) groups is 1. The van der Waals surface area contributed by atoms with E-state index >= 15 is 0 Å². The van der Waals surface area contributed by atoms with Crippen LogP contribution in [0, 0.1) is 5.92 Å². The lowest BCUT2D eigenvalue weighted by molar-refractivity contribution is -0.139. The monoisotopic (exact) mass is 245 g/mol. The second kappa shape index (κ2) is 7.17. The van der Waals surface area contributed by atoms with E-state index in [1.807, 2.05) is 13.8 Å². The Bertz CT molecular complexity index is 215. The van der Waals surface area contributed by atoms with Crippen molar-refractivity contribution in [1.82, 2.24) is 5.32 Å². The van der Waals surface area contributed by atoms with Crippen LogP contribution in [0.4, 0.5) is 0 Å². The summed E-state index contributed by atoms with van der Waals surface area (Å²) in [5.41, 5.74) is 0. The van der Waals surface area contributed by atoms with Gasteiger partial charge >= 0.3 is 5.97 Å². The number of hydrogen-bond donors (Lipinski definition) is 2. The van der Waals surface area contributed by atoms with Crippen LogP contribution in [0.1, 0.15) is 39.5 Å². The Morgan fingerprint density at radius 2 is 2.06 bits per heavy atom. The van der Waals surface area contributed by atoms with E-state index in [4.69, 9.17) is 5.11 Å². The minimum atomic E-state index is -0.729. The molecule has 0 aromatic carbocycles. The number of thioether (sulfide) groups is 1.